The van der Waals surface area contributed by atoms with E-state index in [1.807, 2.05) is 0 Å². The molecule has 1 N–H and O–H groups in total. The van der Waals surface area contributed by atoms with Crippen molar-refractivity contribution in [3.8, 4) is 0 Å². The molecule has 0 aliphatic carbocycles. The van der Waals surface area contributed by atoms with Gasteiger partial charge in [0.1, 0.15) is 17.2 Å². The molecule has 1 atom stereocenters. The summed E-state index contributed by atoms with van der Waals surface area (Å²) in [4.78, 5) is 20.6. The molecule has 8 nitrogen and oxygen atoms in total. The number of hydrogen-bond acceptors (Lipinski definition) is 7. The molecule has 3 aromatic rings. The average Bonchev–Trinajstić information content (AvgIpc) is 3.37. The van der Waals surface area contributed by atoms with Gasteiger partial charge in [-0.25, -0.2) is 19.0 Å². The third-order valence-electron chi connectivity index (χ3n) is 4.40. The van der Waals surface area contributed by atoms with Crippen LogP contribution in [0, 0.1) is 5.82 Å². The summed E-state index contributed by atoms with van der Waals surface area (Å²) < 4.78 is 20.2. The summed E-state index contributed by atoms with van der Waals surface area (Å²) in [6, 6.07) is 6.19. The molecule has 1 fully saturated rings. The van der Waals surface area contributed by atoms with Crippen molar-refractivity contribution in [1.82, 2.24) is 30.3 Å². The standard InChI is InChI=1S/C18H19FN6O2S/c19-13-5-3-12(4-6-13)9-25-17-16(23-24-25)18(22-11-21-17)28-10-15(26)20-8-14-2-1-7-27-14/h3-6,11,14H,1-2,7-10H2,(H,20,26)/t14-/m0/s1. The van der Waals surface area contributed by atoms with E-state index in [-0.39, 0.29) is 23.6 Å². The van der Waals surface area contributed by atoms with Crippen molar-refractivity contribution < 1.29 is 13.9 Å². The van der Waals surface area contributed by atoms with Crippen LogP contribution < -0.4 is 5.32 Å². The van der Waals surface area contributed by atoms with Crippen molar-refractivity contribution in [2.45, 2.75) is 30.5 Å². The highest BCUT2D eigenvalue weighted by Crippen LogP contribution is 2.22. The second kappa shape index (κ2) is 8.61. The maximum atomic E-state index is 13.1. The monoisotopic (exact) mass is 402 g/mol. The number of benzene rings is 1. The number of fused-ring (bicyclic) bond motifs is 1. The summed E-state index contributed by atoms with van der Waals surface area (Å²) in [6.07, 6.45) is 3.57. The second-order valence-electron chi connectivity index (χ2n) is 6.45. The first-order chi connectivity index (χ1) is 13.7. The van der Waals surface area contributed by atoms with Crippen LogP contribution in [0.3, 0.4) is 0 Å². The van der Waals surface area contributed by atoms with Crippen LogP contribution in [0.1, 0.15) is 18.4 Å². The average molecular weight is 402 g/mol. The van der Waals surface area contributed by atoms with E-state index in [0.717, 1.165) is 25.0 Å². The number of nitrogens with zero attached hydrogens (tertiary/aromatic N) is 5. The van der Waals surface area contributed by atoms with Crippen LogP contribution in [0.5, 0.6) is 0 Å². The Balaban J connectivity index is 1.39. The van der Waals surface area contributed by atoms with Crippen LogP contribution in [-0.4, -0.2) is 55.9 Å². The molecule has 0 saturated carbocycles. The molecule has 3 heterocycles. The minimum atomic E-state index is -0.286. The Bertz CT molecular complexity index is 958. The van der Waals surface area contributed by atoms with Crippen LogP contribution >= 0.6 is 11.8 Å². The van der Waals surface area contributed by atoms with E-state index >= 15 is 0 Å². The third kappa shape index (κ3) is 4.45. The zero-order valence-electron chi connectivity index (χ0n) is 15.0. The molecule has 1 aliphatic rings. The quantitative estimate of drug-likeness (QED) is 0.476. The smallest absolute Gasteiger partial charge is 0.230 e. The molecule has 4 rings (SSSR count). The second-order valence-corrected chi connectivity index (χ2v) is 7.42. The van der Waals surface area contributed by atoms with E-state index in [1.165, 1.54) is 30.2 Å². The molecule has 1 amide bonds. The molecule has 1 saturated heterocycles. The zero-order valence-corrected chi connectivity index (χ0v) is 15.9. The molecular formula is C18H19FN6O2S. The zero-order chi connectivity index (χ0) is 19.3. The van der Waals surface area contributed by atoms with Crippen molar-refractivity contribution in [1.29, 1.82) is 0 Å². The van der Waals surface area contributed by atoms with Gasteiger partial charge in [-0.1, -0.05) is 29.1 Å². The van der Waals surface area contributed by atoms with Gasteiger partial charge in [-0.05, 0) is 30.5 Å². The number of amides is 1. The Labute approximate surface area is 164 Å². The lowest BCUT2D eigenvalue weighted by molar-refractivity contribution is -0.119. The summed E-state index contributed by atoms with van der Waals surface area (Å²) >= 11 is 1.29. The van der Waals surface area contributed by atoms with Crippen LogP contribution in [0.25, 0.3) is 11.2 Å². The molecule has 1 aromatic carbocycles. The Morgan fingerprint density at radius 2 is 2.18 bits per heavy atom. The Morgan fingerprint density at radius 3 is 2.96 bits per heavy atom. The van der Waals surface area contributed by atoms with Gasteiger partial charge in [0, 0.05) is 13.2 Å². The predicted molar refractivity (Wildman–Crippen MR) is 101 cm³/mol. The number of halogens is 1. The number of thioether (sulfide) groups is 1. The first-order valence-corrected chi connectivity index (χ1v) is 9.97. The molecule has 2 aromatic heterocycles. The van der Waals surface area contributed by atoms with Gasteiger partial charge in [-0.3, -0.25) is 4.79 Å². The molecule has 28 heavy (non-hydrogen) atoms. The number of carbonyl (C=O) groups excluding carboxylic acids is 1. The number of aromatic nitrogens is 5. The fourth-order valence-corrected chi connectivity index (χ4v) is 3.72. The van der Waals surface area contributed by atoms with Gasteiger partial charge in [0.2, 0.25) is 5.91 Å². The van der Waals surface area contributed by atoms with Gasteiger partial charge in [0.25, 0.3) is 0 Å². The Kier molecular flexibility index (Phi) is 5.77. The van der Waals surface area contributed by atoms with E-state index in [1.54, 1.807) is 16.8 Å². The molecular weight excluding hydrogens is 383 g/mol. The molecule has 146 valence electrons. The highest BCUT2D eigenvalue weighted by atomic mass is 32.2. The van der Waals surface area contributed by atoms with Gasteiger partial charge in [-0.15, -0.1) is 5.10 Å². The number of hydrogen-bond donors (Lipinski definition) is 1. The lowest BCUT2D eigenvalue weighted by Crippen LogP contribution is -2.32. The maximum absolute atomic E-state index is 13.1. The first-order valence-electron chi connectivity index (χ1n) is 8.99. The summed E-state index contributed by atoms with van der Waals surface area (Å²) in [5, 5.41) is 11.8. The molecule has 0 bridgehead atoms. The minimum absolute atomic E-state index is 0.0778. The van der Waals surface area contributed by atoms with Gasteiger partial charge in [0.05, 0.1) is 18.4 Å². The van der Waals surface area contributed by atoms with E-state index in [9.17, 15) is 9.18 Å². The minimum Gasteiger partial charge on any atom is -0.376 e. The normalized spacial score (nSPS) is 16.5. The van der Waals surface area contributed by atoms with Gasteiger partial charge < -0.3 is 10.1 Å². The molecule has 1 aliphatic heterocycles. The maximum Gasteiger partial charge on any atom is 0.230 e. The molecule has 0 unspecified atom stereocenters. The van der Waals surface area contributed by atoms with Gasteiger partial charge >= 0.3 is 0 Å². The highest BCUT2D eigenvalue weighted by Gasteiger charge is 2.17. The molecule has 10 heteroatoms. The predicted octanol–water partition coefficient (Wildman–Crippen LogP) is 1.80. The topological polar surface area (TPSA) is 94.8 Å². The number of ether oxygens (including phenoxy) is 1. The van der Waals surface area contributed by atoms with Gasteiger partial charge in [0.15, 0.2) is 11.2 Å². The first kappa shape index (κ1) is 18.8. The SMILES string of the molecule is O=C(CSc1ncnc2c1nnn2Cc1ccc(F)cc1)NC[C@@H]1CCCO1. The lowest BCUT2D eigenvalue weighted by atomic mass is 10.2. The van der Waals surface area contributed by atoms with E-state index in [4.69, 9.17) is 4.74 Å². The van der Waals surface area contributed by atoms with Crippen molar-refractivity contribution in [2.24, 2.45) is 0 Å². The highest BCUT2D eigenvalue weighted by molar-refractivity contribution is 8.00. The largest absolute Gasteiger partial charge is 0.376 e. The summed E-state index contributed by atoms with van der Waals surface area (Å²) in [5.74, 6) is -0.138. The summed E-state index contributed by atoms with van der Waals surface area (Å²) in [6.45, 7) is 1.72. The fraction of sp³-hybridized carbons (Fsp3) is 0.389. The van der Waals surface area contributed by atoms with Crippen LogP contribution in [0.2, 0.25) is 0 Å². The van der Waals surface area contributed by atoms with E-state index < -0.39 is 0 Å². The Morgan fingerprint density at radius 1 is 1.32 bits per heavy atom. The van der Waals surface area contributed by atoms with Crippen LogP contribution in [-0.2, 0) is 16.1 Å². The lowest BCUT2D eigenvalue weighted by Gasteiger charge is -2.10. The number of carbonyl (C=O) groups is 1. The van der Waals surface area contributed by atoms with Crippen molar-refractivity contribution >= 4 is 28.8 Å². The summed E-state index contributed by atoms with van der Waals surface area (Å²) in [7, 11) is 0. The van der Waals surface area contributed by atoms with Crippen LogP contribution in [0.4, 0.5) is 4.39 Å². The van der Waals surface area contributed by atoms with E-state index in [2.05, 4.69) is 25.6 Å². The van der Waals surface area contributed by atoms with Crippen LogP contribution in [0.15, 0.2) is 35.6 Å². The number of nitrogens with one attached hydrogen (secondary N) is 1. The molecule has 0 radical (unpaired) electrons. The number of rotatable bonds is 7. The molecule has 0 spiro atoms. The van der Waals surface area contributed by atoms with Gasteiger partial charge in [-0.2, -0.15) is 0 Å². The van der Waals surface area contributed by atoms with Crippen molar-refractivity contribution in [3.05, 3.63) is 42.0 Å². The van der Waals surface area contributed by atoms with Crippen molar-refractivity contribution in [3.63, 3.8) is 0 Å². The summed E-state index contributed by atoms with van der Waals surface area (Å²) in [5.41, 5.74) is 2.00. The van der Waals surface area contributed by atoms with Crippen molar-refractivity contribution in [2.75, 3.05) is 18.9 Å². The fourth-order valence-electron chi connectivity index (χ4n) is 2.96. The third-order valence-corrected chi connectivity index (χ3v) is 5.38. The van der Waals surface area contributed by atoms with E-state index in [0.29, 0.717) is 29.3 Å². The Hall–Kier alpha value is -2.59.